The molecule has 0 aromatic heterocycles. The number of aryl methyl sites for hydroxylation is 1. The Balaban J connectivity index is 2.04. The molecule has 0 radical (unpaired) electrons. The van der Waals surface area contributed by atoms with E-state index in [4.69, 9.17) is 4.74 Å². The molecule has 1 aromatic rings. The van der Waals surface area contributed by atoms with Crippen LogP contribution in [0.5, 0.6) is 5.75 Å². The van der Waals surface area contributed by atoms with Crippen LogP contribution in [0.4, 0.5) is 0 Å². The maximum atomic E-state index is 5.41. The zero-order valence-electron chi connectivity index (χ0n) is 9.88. The van der Waals surface area contributed by atoms with Gasteiger partial charge in [0.25, 0.3) is 0 Å². The van der Waals surface area contributed by atoms with E-state index in [1.807, 2.05) is 0 Å². The third kappa shape index (κ3) is 1.61. The largest absolute Gasteiger partial charge is 0.497 e. The minimum Gasteiger partial charge on any atom is -0.497 e. The van der Waals surface area contributed by atoms with Crippen LogP contribution in [-0.4, -0.2) is 13.7 Å². The van der Waals surface area contributed by atoms with Crippen molar-refractivity contribution in [1.82, 2.24) is 5.32 Å². The summed E-state index contributed by atoms with van der Waals surface area (Å²) < 4.78 is 5.41. The maximum Gasteiger partial charge on any atom is 0.119 e. The predicted molar refractivity (Wildman–Crippen MR) is 65.0 cm³/mol. The molecule has 1 N–H and O–H groups in total. The van der Waals surface area contributed by atoms with E-state index in [2.05, 4.69) is 17.4 Å². The summed E-state index contributed by atoms with van der Waals surface area (Å²) in [5, 5.41) is 3.60. The number of hydrogen-bond donors (Lipinski definition) is 1. The van der Waals surface area contributed by atoms with Gasteiger partial charge in [-0.3, -0.25) is 0 Å². The van der Waals surface area contributed by atoms with Gasteiger partial charge in [-0.05, 0) is 67.5 Å². The molecule has 1 saturated heterocycles. The van der Waals surface area contributed by atoms with Crippen LogP contribution in [0.25, 0.3) is 0 Å². The summed E-state index contributed by atoms with van der Waals surface area (Å²) in [7, 11) is 1.77. The lowest BCUT2D eigenvalue weighted by molar-refractivity contribution is 0.413. The van der Waals surface area contributed by atoms with E-state index in [-0.39, 0.29) is 0 Å². The highest BCUT2D eigenvalue weighted by molar-refractivity contribution is 5.46. The molecule has 0 amide bonds. The van der Waals surface area contributed by atoms with Gasteiger partial charge in [0, 0.05) is 6.04 Å². The number of nitrogens with one attached hydrogen (secondary N) is 1. The van der Waals surface area contributed by atoms with Crippen LogP contribution < -0.4 is 10.1 Å². The van der Waals surface area contributed by atoms with Crippen LogP contribution in [0.15, 0.2) is 12.1 Å². The second-order valence-electron chi connectivity index (χ2n) is 4.86. The van der Waals surface area contributed by atoms with Crippen molar-refractivity contribution in [2.24, 2.45) is 0 Å². The Morgan fingerprint density at radius 2 is 2.19 bits per heavy atom. The number of methoxy groups -OCH3 is 1. The first kappa shape index (κ1) is 10.2. The van der Waals surface area contributed by atoms with Gasteiger partial charge in [-0.25, -0.2) is 0 Å². The molecule has 2 heteroatoms. The summed E-state index contributed by atoms with van der Waals surface area (Å²) in [6, 6.07) is 5.04. The monoisotopic (exact) mass is 217 g/mol. The summed E-state index contributed by atoms with van der Waals surface area (Å²) in [6.07, 6.45) is 6.37. The zero-order chi connectivity index (χ0) is 11.0. The molecule has 3 rings (SSSR count). The molecule has 1 aliphatic carbocycles. The first-order valence-electron chi connectivity index (χ1n) is 6.31. The van der Waals surface area contributed by atoms with Crippen molar-refractivity contribution < 1.29 is 4.74 Å². The van der Waals surface area contributed by atoms with E-state index in [9.17, 15) is 0 Å². The SMILES string of the molecule is COc1cc2c(c([C@@H]3CCCN3)c1)CCC2. The smallest absolute Gasteiger partial charge is 0.119 e. The summed E-state index contributed by atoms with van der Waals surface area (Å²) >= 11 is 0. The van der Waals surface area contributed by atoms with Gasteiger partial charge < -0.3 is 10.1 Å². The van der Waals surface area contributed by atoms with Crippen molar-refractivity contribution in [2.75, 3.05) is 13.7 Å². The molecule has 16 heavy (non-hydrogen) atoms. The Morgan fingerprint density at radius 3 is 2.94 bits per heavy atom. The van der Waals surface area contributed by atoms with Crippen molar-refractivity contribution in [3.05, 3.63) is 28.8 Å². The molecule has 0 unspecified atom stereocenters. The van der Waals surface area contributed by atoms with E-state index in [1.165, 1.54) is 43.2 Å². The Hall–Kier alpha value is -1.02. The second-order valence-corrected chi connectivity index (χ2v) is 4.86. The van der Waals surface area contributed by atoms with Crippen LogP contribution in [0, 0.1) is 0 Å². The number of rotatable bonds is 2. The third-order valence-electron chi connectivity index (χ3n) is 3.89. The molecule has 1 aliphatic heterocycles. The first-order chi connectivity index (χ1) is 7.88. The number of ether oxygens (including phenoxy) is 1. The third-order valence-corrected chi connectivity index (χ3v) is 3.89. The lowest BCUT2D eigenvalue weighted by Crippen LogP contribution is -2.14. The average Bonchev–Trinajstić information content (AvgIpc) is 2.98. The molecule has 0 saturated carbocycles. The molecule has 1 heterocycles. The van der Waals surface area contributed by atoms with Gasteiger partial charge in [-0.15, -0.1) is 0 Å². The number of hydrogen-bond acceptors (Lipinski definition) is 2. The van der Waals surface area contributed by atoms with Gasteiger partial charge in [0.2, 0.25) is 0 Å². The van der Waals surface area contributed by atoms with Crippen LogP contribution in [0.2, 0.25) is 0 Å². The topological polar surface area (TPSA) is 21.3 Å². The fourth-order valence-electron chi connectivity index (χ4n) is 3.09. The van der Waals surface area contributed by atoms with Gasteiger partial charge in [0.15, 0.2) is 0 Å². The summed E-state index contributed by atoms with van der Waals surface area (Å²) in [5.41, 5.74) is 4.62. The highest BCUT2D eigenvalue weighted by Gasteiger charge is 2.24. The molecule has 1 fully saturated rings. The van der Waals surface area contributed by atoms with Gasteiger partial charge in [0.1, 0.15) is 5.75 Å². The Morgan fingerprint density at radius 1 is 1.25 bits per heavy atom. The van der Waals surface area contributed by atoms with E-state index >= 15 is 0 Å². The van der Waals surface area contributed by atoms with E-state index in [0.29, 0.717) is 6.04 Å². The van der Waals surface area contributed by atoms with Crippen LogP contribution in [0.3, 0.4) is 0 Å². The van der Waals surface area contributed by atoms with Gasteiger partial charge in [-0.1, -0.05) is 0 Å². The van der Waals surface area contributed by atoms with E-state index in [1.54, 1.807) is 12.7 Å². The van der Waals surface area contributed by atoms with Crippen molar-refractivity contribution in [1.29, 1.82) is 0 Å². The summed E-state index contributed by atoms with van der Waals surface area (Å²) in [4.78, 5) is 0. The molecular formula is C14H19NO. The minimum atomic E-state index is 0.571. The van der Waals surface area contributed by atoms with Crippen LogP contribution in [0.1, 0.15) is 42.0 Å². The van der Waals surface area contributed by atoms with Crippen LogP contribution >= 0.6 is 0 Å². The molecular weight excluding hydrogens is 198 g/mol. The predicted octanol–water partition coefficient (Wildman–Crippen LogP) is 2.61. The molecule has 1 atom stereocenters. The molecule has 1 aromatic carbocycles. The fraction of sp³-hybridized carbons (Fsp3) is 0.571. The van der Waals surface area contributed by atoms with E-state index < -0.39 is 0 Å². The molecule has 0 spiro atoms. The summed E-state index contributed by atoms with van der Waals surface area (Å²) in [6.45, 7) is 1.16. The number of fused-ring (bicyclic) bond motifs is 1. The van der Waals surface area contributed by atoms with Crippen LogP contribution in [-0.2, 0) is 12.8 Å². The first-order valence-corrected chi connectivity index (χ1v) is 6.31. The van der Waals surface area contributed by atoms with Crippen molar-refractivity contribution in [2.45, 2.75) is 38.1 Å². The lowest BCUT2D eigenvalue weighted by atomic mass is 9.96. The Labute approximate surface area is 97.0 Å². The van der Waals surface area contributed by atoms with Crippen molar-refractivity contribution in [3.8, 4) is 5.75 Å². The van der Waals surface area contributed by atoms with Gasteiger partial charge in [-0.2, -0.15) is 0 Å². The molecule has 86 valence electrons. The normalized spacial score (nSPS) is 23.4. The quantitative estimate of drug-likeness (QED) is 0.822. The van der Waals surface area contributed by atoms with E-state index in [0.717, 1.165) is 12.3 Å². The van der Waals surface area contributed by atoms with Crippen molar-refractivity contribution in [3.63, 3.8) is 0 Å². The Kier molecular flexibility index (Phi) is 2.60. The average molecular weight is 217 g/mol. The lowest BCUT2D eigenvalue weighted by Gasteiger charge is -2.17. The van der Waals surface area contributed by atoms with Gasteiger partial charge in [0.05, 0.1) is 7.11 Å². The number of benzene rings is 1. The molecule has 2 nitrogen and oxygen atoms in total. The fourth-order valence-corrected chi connectivity index (χ4v) is 3.09. The maximum absolute atomic E-state index is 5.41. The zero-order valence-corrected chi connectivity index (χ0v) is 9.88. The summed E-state index contributed by atoms with van der Waals surface area (Å²) in [5.74, 6) is 1.03. The molecule has 0 bridgehead atoms. The second kappa shape index (κ2) is 4.10. The minimum absolute atomic E-state index is 0.571. The highest BCUT2D eigenvalue weighted by atomic mass is 16.5. The highest BCUT2D eigenvalue weighted by Crippen LogP contribution is 2.35. The molecule has 2 aliphatic rings. The van der Waals surface area contributed by atoms with Gasteiger partial charge >= 0.3 is 0 Å². The standard InChI is InChI=1S/C14H19NO/c1-16-11-8-10-4-2-5-12(10)13(9-11)14-6-3-7-15-14/h8-9,14-15H,2-7H2,1H3/t14-/m0/s1. The Bertz CT molecular complexity index is 394. The van der Waals surface area contributed by atoms with Crippen molar-refractivity contribution >= 4 is 0 Å².